The second-order valence-electron chi connectivity index (χ2n) is 3.47. The van der Waals surface area contributed by atoms with Crippen molar-refractivity contribution in [2.45, 2.75) is 25.3 Å². The van der Waals surface area contributed by atoms with Crippen LogP contribution < -0.4 is 5.73 Å². The molecule has 66 valence electrons. The van der Waals surface area contributed by atoms with Gasteiger partial charge in [-0.1, -0.05) is 0 Å². The Labute approximate surface area is 67.2 Å². The summed E-state index contributed by atoms with van der Waals surface area (Å²) in [5, 5.41) is 17.7. The van der Waals surface area contributed by atoms with Crippen molar-refractivity contribution >= 4 is 0 Å². The van der Waals surface area contributed by atoms with E-state index in [-0.39, 0.29) is 25.2 Å². The predicted octanol–water partition coefficient (Wildman–Crippen LogP) is -0.285. The van der Waals surface area contributed by atoms with E-state index in [0.29, 0.717) is 5.92 Å². The third kappa shape index (κ3) is 2.15. The summed E-state index contributed by atoms with van der Waals surface area (Å²) in [6, 6.07) is 0.0888. The Kier molecular flexibility index (Phi) is 3.30. The van der Waals surface area contributed by atoms with E-state index in [1.54, 1.807) is 0 Å². The first-order chi connectivity index (χ1) is 5.27. The Morgan fingerprint density at radius 2 is 1.91 bits per heavy atom. The molecule has 0 aromatic rings. The Hall–Kier alpha value is -0.120. The van der Waals surface area contributed by atoms with Crippen LogP contribution in [0.1, 0.15) is 19.3 Å². The maximum atomic E-state index is 8.88. The molecule has 0 aliphatic heterocycles. The summed E-state index contributed by atoms with van der Waals surface area (Å²) in [4.78, 5) is 0. The van der Waals surface area contributed by atoms with Crippen molar-refractivity contribution in [1.29, 1.82) is 0 Å². The Balaban J connectivity index is 2.34. The fraction of sp³-hybridized carbons (Fsp3) is 1.00. The van der Waals surface area contributed by atoms with Crippen LogP contribution in [0, 0.1) is 11.8 Å². The molecule has 0 amide bonds. The van der Waals surface area contributed by atoms with Gasteiger partial charge in [-0.05, 0) is 31.1 Å². The lowest BCUT2D eigenvalue weighted by Gasteiger charge is -2.31. The van der Waals surface area contributed by atoms with Crippen LogP contribution in [0.3, 0.4) is 0 Å². The van der Waals surface area contributed by atoms with Crippen molar-refractivity contribution in [2.75, 3.05) is 13.2 Å². The number of rotatable bonds is 2. The molecule has 3 unspecified atom stereocenters. The molecule has 3 nitrogen and oxygen atoms in total. The van der Waals surface area contributed by atoms with E-state index in [1.165, 1.54) is 0 Å². The van der Waals surface area contributed by atoms with Crippen LogP contribution in [0.4, 0.5) is 0 Å². The topological polar surface area (TPSA) is 66.5 Å². The van der Waals surface area contributed by atoms with E-state index in [9.17, 15) is 0 Å². The molecule has 1 saturated carbocycles. The third-order valence-corrected chi connectivity index (χ3v) is 2.65. The van der Waals surface area contributed by atoms with Gasteiger partial charge in [0, 0.05) is 19.3 Å². The number of hydrogen-bond donors (Lipinski definition) is 3. The Bertz CT molecular complexity index is 119. The number of aliphatic hydroxyl groups is 2. The van der Waals surface area contributed by atoms with E-state index in [0.717, 1.165) is 19.3 Å². The average molecular weight is 159 g/mol. The second-order valence-corrected chi connectivity index (χ2v) is 3.47. The second kappa shape index (κ2) is 4.04. The maximum absolute atomic E-state index is 8.88. The van der Waals surface area contributed by atoms with Gasteiger partial charge in [-0.15, -0.1) is 0 Å². The van der Waals surface area contributed by atoms with Gasteiger partial charge in [0.2, 0.25) is 0 Å². The molecule has 0 bridgehead atoms. The molecule has 1 aliphatic rings. The molecule has 11 heavy (non-hydrogen) atoms. The maximum Gasteiger partial charge on any atom is 0.0474 e. The Morgan fingerprint density at radius 3 is 2.36 bits per heavy atom. The predicted molar refractivity (Wildman–Crippen MR) is 43.0 cm³/mol. The van der Waals surface area contributed by atoms with Crippen molar-refractivity contribution < 1.29 is 10.2 Å². The minimum Gasteiger partial charge on any atom is -0.396 e. The summed E-state index contributed by atoms with van der Waals surface area (Å²) in [6.45, 7) is 0.436. The first-order valence-electron chi connectivity index (χ1n) is 4.25. The molecule has 1 rings (SSSR count). The zero-order chi connectivity index (χ0) is 8.27. The minimum atomic E-state index is 0.0888. The first kappa shape index (κ1) is 8.97. The lowest BCUT2D eigenvalue weighted by molar-refractivity contribution is 0.114. The largest absolute Gasteiger partial charge is 0.396 e. The van der Waals surface area contributed by atoms with Crippen molar-refractivity contribution in [1.82, 2.24) is 0 Å². The highest BCUT2D eigenvalue weighted by atomic mass is 16.3. The van der Waals surface area contributed by atoms with Gasteiger partial charge in [-0.2, -0.15) is 0 Å². The van der Waals surface area contributed by atoms with Crippen LogP contribution >= 0.6 is 0 Å². The summed E-state index contributed by atoms with van der Waals surface area (Å²) in [6.07, 6.45) is 2.83. The molecule has 3 heteroatoms. The molecule has 0 saturated heterocycles. The van der Waals surface area contributed by atoms with Gasteiger partial charge < -0.3 is 15.9 Å². The summed E-state index contributed by atoms with van der Waals surface area (Å²) in [7, 11) is 0. The highest BCUT2D eigenvalue weighted by molar-refractivity contribution is 4.81. The van der Waals surface area contributed by atoms with E-state index in [4.69, 9.17) is 15.9 Å². The average Bonchev–Trinajstić information content (AvgIpc) is 2.04. The first-order valence-corrected chi connectivity index (χ1v) is 4.25. The zero-order valence-corrected chi connectivity index (χ0v) is 6.74. The van der Waals surface area contributed by atoms with Crippen LogP contribution in [-0.4, -0.2) is 29.5 Å². The van der Waals surface area contributed by atoms with E-state index < -0.39 is 0 Å². The van der Waals surface area contributed by atoms with Gasteiger partial charge in [-0.3, -0.25) is 0 Å². The molecule has 0 aromatic carbocycles. The molecule has 1 fully saturated rings. The molecule has 0 radical (unpaired) electrons. The van der Waals surface area contributed by atoms with Gasteiger partial charge >= 0.3 is 0 Å². The summed E-state index contributed by atoms with van der Waals surface area (Å²) in [5.41, 5.74) is 5.78. The fourth-order valence-electron chi connectivity index (χ4n) is 1.75. The fourth-order valence-corrected chi connectivity index (χ4v) is 1.75. The van der Waals surface area contributed by atoms with Crippen LogP contribution in [0.2, 0.25) is 0 Å². The van der Waals surface area contributed by atoms with Gasteiger partial charge in [0.15, 0.2) is 0 Å². The van der Waals surface area contributed by atoms with Crippen molar-refractivity contribution in [3.63, 3.8) is 0 Å². The molecule has 0 aromatic heterocycles. The zero-order valence-electron chi connectivity index (χ0n) is 6.74. The van der Waals surface area contributed by atoms with Gasteiger partial charge in [-0.25, -0.2) is 0 Å². The normalized spacial score (nSPS) is 39.0. The molecular weight excluding hydrogens is 142 g/mol. The van der Waals surface area contributed by atoms with Crippen LogP contribution in [0.15, 0.2) is 0 Å². The molecule has 4 N–H and O–H groups in total. The van der Waals surface area contributed by atoms with Gasteiger partial charge in [0.25, 0.3) is 0 Å². The van der Waals surface area contributed by atoms with Crippen molar-refractivity contribution in [2.24, 2.45) is 17.6 Å². The van der Waals surface area contributed by atoms with Crippen LogP contribution in [-0.2, 0) is 0 Å². The van der Waals surface area contributed by atoms with Crippen LogP contribution in [0.5, 0.6) is 0 Å². The highest BCUT2D eigenvalue weighted by Crippen LogP contribution is 2.26. The third-order valence-electron chi connectivity index (χ3n) is 2.65. The SMILES string of the molecule is NC1CC(CO)CCC1CO. The van der Waals surface area contributed by atoms with Crippen molar-refractivity contribution in [3.05, 3.63) is 0 Å². The number of hydrogen-bond acceptors (Lipinski definition) is 3. The van der Waals surface area contributed by atoms with E-state index in [1.807, 2.05) is 0 Å². The standard InChI is InChI=1S/C8H17NO2/c9-8-3-6(4-10)1-2-7(8)5-11/h6-8,10-11H,1-5,9H2. The monoisotopic (exact) mass is 159 g/mol. The smallest absolute Gasteiger partial charge is 0.0474 e. The number of nitrogens with two attached hydrogens (primary N) is 1. The van der Waals surface area contributed by atoms with Gasteiger partial charge in [0.05, 0.1) is 0 Å². The highest BCUT2D eigenvalue weighted by Gasteiger charge is 2.26. The van der Waals surface area contributed by atoms with E-state index >= 15 is 0 Å². The Morgan fingerprint density at radius 1 is 1.18 bits per heavy atom. The summed E-state index contributed by atoms with van der Waals surface area (Å²) in [5.74, 6) is 0.630. The summed E-state index contributed by atoms with van der Waals surface area (Å²) >= 11 is 0. The van der Waals surface area contributed by atoms with Crippen molar-refractivity contribution in [3.8, 4) is 0 Å². The van der Waals surface area contributed by atoms with Crippen LogP contribution in [0.25, 0.3) is 0 Å². The molecule has 1 aliphatic carbocycles. The van der Waals surface area contributed by atoms with Gasteiger partial charge in [0.1, 0.15) is 0 Å². The molecular formula is C8H17NO2. The molecule has 3 atom stereocenters. The van der Waals surface area contributed by atoms with E-state index in [2.05, 4.69) is 0 Å². The lowest BCUT2D eigenvalue weighted by atomic mass is 9.79. The molecule has 0 spiro atoms. The minimum absolute atomic E-state index is 0.0888. The summed E-state index contributed by atoms with van der Waals surface area (Å²) < 4.78 is 0. The quantitative estimate of drug-likeness (QED) is 0.519. The molecule has 0 heterocycles. The number of aliphatic hydroxyl groups excluding tert-OH is 2. The lowest BCUT2D eigenvalue weighted by Crippen LogP contribution is -2.39.